The lowest BCUT2D eigenvalue weighted by atomic mass is 10.00. The fourth-order valence-electron chi connectivity index (χ4n) is 1.83. The summed E-state index contributed by atoms with van der Waals surface area (Å²) in [5.74, 6) is -1.37. The van der Waals surface area contributed by atoms with Gasteiger partial charge in [-0.25, -0.2) is 4.39 Å². The second-order valence-electron chi connectivity index (χ2n) is 4.48. The highest BCUT2D eigenvalue weighted by atomic mass is 35.5. The highest BCUT2D eigenvalue weighted by Crippen LogP contribution is 2.26. The maximum Gasteiger partial charge on any atom is 0.231 e. The zero-order valence-corrected chi connectivity index (χ0v) is 11.6. The lowest BCUT2D eigenvalue weighted by Crippen LogP contribution is -2.20. The molecule has 0 saturated heterocycles. The van der Waals surface area contributed by atoms with Crippen LogP contribution in [-0.4, -0.2) is 5.91 Å². The Balaban J connectivity index is 2.20. The summed E-state index contributed by atoms with van der Waals surface area (Å²) in [5, 5.41) is 2.67. The first-order valence-electron chi connectivity index (χ1n) is 6.09. The summed E-state index contributed by atoms with van der Waals surface area (Å²) < 4.78 is 13.6. The molecule has 2 rings (SSSR count). The van der Waals surface area contributed by atoms with Crippen LogP contribution in [0.2, 0.25) is 5.02 Å². The fourth-order valence-corrected chi connectivity index (χ4v) is 2.04. The zero-order chi connectivity index (χ0) is 14.7. The van der Waals surface area contributed by atoms with Crippen LogP contribution in [0.25, 0.3) is 0 Å². The van der Waals surface area contributed by atoms with Gasteiger partial charge in [-0.3, -0.25) is 4.79 Å². The van der Waals surface area contributed by atoms with Gasteiger partial charge in [-0.1, -0.05) is 29.8 Å². The van der Waals surface area contributed by atoms with Crippen molar-refractivity contribution in [2.45, 2.75) is 12.8 Å². The molecule has 1 unspecified atom stereocenters. The second kappa shape index (κ2) is 5.92. The molecule has 0 aliphatic rings. The van der Waals surface area contributed by atoms with E-state index in [1.807, 2.05) is 0 Å². The van der Waals surface area contributed by atoms with Crippen LogP contribution in [0.15, 0.2) is 42.5 Å². The zero-order valence-electron chi connectivity index (χ0n) is 10.9. The normalized spacial score (nSPS) is 11.9. The number of nitrogen functional groups attached to an aromatic ring is 1. The minimum atomic E-state index is -0.564. The van der Waals surface area contributed by atoms with Crippen LogP contribution in [0, 0.1) is 5.82 Å². The minimum Gasteiger partial charge on any atom is -0.399 e. The first kappa shape index (κ1) is 14.3. The number of rotatable bonds is 3. The minimum absolute atomic E-state index is 0.00470. The van der Waals surface area contributed by atoms with E-state index in [-0.39, 0.29) is 16.6 Å². The van der Waals surface area contributed by atoms with Gasteiger partial charge in [-0.15, -0.1) is 0 Å². The standard InChI is InChI=1S/C15H14ClFN2O/c1-9(10-4-2-5-11(18)8-10)15(20)19-14-12(16)6-3-7-13(14)17/h2-9H,18H2,1H3,(H,19,20). The van der Waals surface area contributed by atoms with Crippen LogP contribution in [-0.2, 0) is 4.79 Å². The Kier molecular flexibility index (Phi) is 4.25. The molecule has 2 aromatic rings. The predicted molar refractivity (Wildman–Crippen MR) is 79.3 cm³/mol. The van der Waals surface area contributed by atoms with Gasteiger partial charge >= 0.3 is 0 Å². The average Bonchev–Trinajstić information content (AvgIpc) is 2.42. The molecule has 0 saturated carbocycles. The molecule has 0 spiro atoms. The number of carbonyl (C=O) groups is 1. The highest BCUT2D eigenvalue weighted by Gasteiger charge is 2.18. The molecule has 5 heteroatoms. The molecular weight excluding hydrogens is 279 g/mol. The van der Waals surface area contributed by atoms with Crippen molar-refractivity contribution < 1.29 is 9.18 Å². The van der Waals surface area contributed by atoms with E-state index in [0.29, 0.717) is 5.69 Å². The molecule has 0 fully saturated rings. The van der Waals surface area contributed by atoms with Gasteiger partial charge in [0.25, 0.3) is 0 Å². The summed E-state index contributed by atoms with van der Waals surface area (Å²) in [7, 11) is 0. The average molecular weight is 293 g/mol. The number of amides is 1. The van der Waals surface area contributed by atoms with Crippen LogP contribution in [0.1, 0.15) is 18.4 Å². The van der Waals surface area contributed by atoms with Crippen molar-refractivity contribution in [3.05, 3.63) is 58.9 Å². The van der Waals surface area contributed by atoms with E-state index in [1.54, 1.807) is 31.2 Å². The van der Waals surface area contributed by atoms with E-state index < -0.39 is 11.7 Å². The monoisotopic (exact) mass is 292 g/mol. The molecule has 3 N–H and O–H groups in total. The molecule has 104 valence electrons. The quantitative estimate of drug-likeness (QED) is 0.845. The number of carbonyl (C=O) groups excluding carboxylic acids is 1. The Morgan fingerprint density at radius 1 is 1.30 bits per heavy atom. The van der Waals surface area contributed by atoms with E-state index in [0.717, 1.165) is 5.56 Å². The van der Waals surface area contributed by atoms with Gasteiger partial charge in [-0.05, 0) is 36.8 Å². The van der Waals surface area contributed by atoms with Crippen LogP contribution in [0.3, 0.4) is 0 Å². The van der Waals surface area contributed by atoms with Crippen LogP contribution in [0.4, 0.5) is 15.8 Å². The van der Waals surface area contributed by atoms with Gasteiger partial charge in [0.15, 0.2) is 0 Å². The Labute approximate surface area is 121 Å². The van der Waals surface area contributed by atoms with Gasteiger partial charge in [0, 0.05) is 5.69 Å². The third kappa shape index (κ3) is 3.08. The maximum absolute atomic E-state index is 13.6. The summed E-state index contributed by atoms with van der Waals surface area (Å²) in [6.45, 7) is 1.72. The Morgan fingerprint density at radius 3 is 2.65 bits per heavy atom. The Morgan fingerprint density at radius 2 is 2.00 bits per heavy atom. The number of para-hydroxylation sites is 1. The molecule has 0 aromatic heterocycles. The first-order valence-corrected chi connectivity index (χ1v) is 6.47. The van der Waals surface area contributed by atoms with Crippen LogP contribution < -0.4 is 11.1 Å². The Hall–Kier alpha value is -2.07. The highest BCUT2D eigenvalue weighted by molar-refractivity contribution is 6.33. The number of hydrogen-bond acceptors (Lipinski definition) is 2. The molecule has 2 aromatic carbocycles. The van der Waals surface area contributed by atoms with Crippen LogP contribution in [0.5, 0.6) is 0 Å². The molecule has 0 radical (unpaired) electrons. The topological polar surface area (TPSA) is 55.1 Å². The SMILES string of the molecule is CC(C(=O)Nc1c(F)cccc1Cl)c1cccc(N)c1. The van der Waals surface area contributed by atoms with Gasteiger partial charge in [0.2, 0.25) is 5.91 Å². The lowest BCUT2D eigenvalue weighted by molar-refractivity contribution is -0.117. The van der Waals surface area contributed by atoms with Crippen molar-refractivity contribution in [1.82, 2.24) is 0 Å². The molecule has 1 amide bonds. The van der Waals surface area contributed by atoms with Gasteiger partial charge in [0.05, 0.1) is 16.6 Å². The molecule has 0 aliphatic heterocycles. The van der Waals surface area contributed by atoms with E-state index in [4.69, 9.17) is 17.3 Å². The molecule has 0 heterocycles. The summed E-state index contributed by atoms with van der Waals surface area (Å²) in [4.78, 5) is 12.2. The largest absolute Gasteiger partial charge is 0.399 e. The molecule has 20 heavy (non-hydrogen) atoms. The van der Waals surface area contributed by atoms with Crippen molar-refractivity contribution in [3.63, 3.8) is 0 Å². The summed E-state index contributed by atoms with van der Waals surface area (Å²) >= 11 is 5.87. The van der Waals surface area contributed by atoms with Gasteiger partial charge in [0.1, 0.15) is 5.82 Å². The van der Waals surface area contributed by atoms with E-state index in [2.05, 4.69) is 5.32 Å². The maximum atomic E-state index is 13.6. The molecule has 1 atom stereocenters. The van der Waals surface area contributed by atoms with Gasteiger partial charge in [-0.2, -0.15) is 0 Å². The lowest BCUT2D eigenvalue weighted by Gasteiger charge is -2.14. The van der Waals surface area contributed by atoms with Crippen molar-refractivity contribution in [2.75, 3.05) is 11.1 Å². The number of halogens is 2. The molecular formula is C15H14ClFN2O. The fraction of sp³-hybridized carbons (Fsp3) is 0.133. The third-order valence-electron chi connectivity index (χ3n) is 3.01. The van der Waals surface area contributed by atoms with Crippen molar-refractivity contribution in [1.29, 1.82) is 0 Å². The van der Waals surface area contributed by atoms with Crippen molar-refractivity contribution in [3.8, 4) is 0 Å². The number of nitrogens with two attached hydrogens (primary N) is 1. The van der Waals surface area contributed by atoms with E-state index >= 15 is 0 Å². The molecule has 3 nitrogen and oxygen atoms in total. The second-order valence-corrected chi connectivity index (χ2v) is 4.88. The van der Waals surface area contributed by atoms with Gasteiger partial charge < -0.3 is 11.1 Å². The first-order chi connectivity index (χ1) is 9.49. The summed E-state index contributed by atoms with van der Waals surface area (Å²) in [6, 6.07) is 11.3. The van der Waals surface area contributed by atoms with Crippen molar-refractivity contribution in [2.24, 2.45) is 0 Å². The number of benzene rings is 2. The third-order valence-corrected chi connectivity index (χ3v) is 3.33. The summed E-state index contributed by atoms with van der Waals surface area (Å²) in [5.41, 5.74) is 7.01. The van der Waals surface area contributed by atoms with Crippen molar-refractivity contribution >= 4 is 28.9 Å². The number of hydrogen-bond donors (Lipinski definition) is 2. The summed E-state index contributed by atoms with van der Waals surface area (Å²) in [6.07, 6.45) is 0. The van der Waals surface area contributed by atoms with Crippen LogP contribution >= 0.6 is 11.6 Å². The number of anilines is 2. The van der Waals surface area contributed by atoms with E-state index in [1.165, 1.54) is 18.2 Å². The number of nitrogens with one attached hydrogen (secondary N) is 1. The smallest absolute Gasteiger partial charge is 0.231 e. The molecule has 0 bridgehead atoms. The Bertz CT molecular complexity index is 625. The molecule has 0 aliphatic carbocycles. The predicted octanol–water partition coefficient (Wildman–Crippen LogP) is 3.80. The van der Waals surface area contributed by atoms with E-state index in [9.17, 15) is 9.18 Å².